The largest absolute Gasteiger partial charge is 0.394 e. The molecule has 2 heterocycles. The number of aliphatic hydroxyl groups is 1. The molecule has 25 nitrogen and oxygen atoms in total. The number of primary amides is 1. The summed E-state index contributed by atoms with van der Waals surface area (Å²) in [7, 11) is 0. The van der Waals surface area contributed by atoms with Gasteiger partial charge in [0, 0.05) is 26.4 Å². The summed E-state index contributed by atoms with van der Waals surface area (Å²) in [6, 6.07) is -8.50. The van der Waals surface area contributed by atoms with Crippen LogP contribution in [0.4, 0.5) is 0 Å². The molecule has 2 rings (SSSR count). The number of rotatable bonds is 32. The third-order valence-corrected chi connectivity index (χ3v) is 15.0. The van der Waals surface area contributed by atoms with Gasteiger partial charge in [0.25, 0.3) is 0 Å². The Balaban J connectivity index is 2.30. The topological polar surface area (TPSA) is 366 Å². The molecule has 12 N–H and O–H groups in total. The Morgan fingerprint density at radius 3 is 1.41 bits per heavy atom. The summed E-state index contributed by atoms with van der Waals surface area (Å²) >= 11 is 0. The van der Waals surface area contributed by atoms with Gasteiger partial charge in [-0.25, -0.2) is 0 Å². The van der Waals surface area contributed by atoms with E-state index < -0.39 is 142 Å². The number of likely N-dealkylation sites (tertiary alicyclic amines) is 2. The van der Waals surface area contributed by atoms with Gasteiger partial charge in [-0.15, -0.1) is 0 Å². The van der Waals surface area contributed by atoms with Gasteiger partial charge in [-0.3, -0.25) is 57.5 Å². The van der Waals surface area contributed by atoms with Crippen molar-refractivity contribution in [2.45, 2.75) is 247 Å². The molecule has 472 valence electrons. The number of hydrogen-bond donors (Lipinski definition) is 11. The van der Waals surface area contributed by atoms with Gasteiger partial charge >= 0.3 is 0 Å². The lowest BCUT2D eigenvalue weighted by molar-refractivity contribution is -0.146. The highest BCUT2D eigenvalue weighted by Crippen LogP contribution is 2.25. The van der Waals surface area contributed by atoms with E-state index in [0.717, 1.165) is 0 Å². The van der Waals surface area contributed by atoms with Gasteiger partial charge in [0.1, 0.15) is 58.9 Å². The molecule has 0 aromatic heterocycles. The van der Waals surface area contributed by atoms with Crippen LogP contribution in [0.1, 0.15) is 182 Å². The first-order chi connectivity index (χ1) is 38.3. The van der Waals surface area contributed by atoms with Crippen LogP contribution in [0, 0.1) is 29.6 Å². The summed E-state index contributed by atoms with van der Waals surface area (Å²) in [5.41, 5.74) is 0.753. The Morgan fingerprint density at radius 1 is 0.530 bits per heavy atom. The number of nitrogens with one attached hydrogen (secondary N) is 9. The minimum atomic E-state index is -1.65. The van der Waals surface area contributed by atoms with Gasteiger partial charge in [0.2, 0.25) is 70.9 Å². The van der Waals surface area contributed by atoms with E-state index in [1.807, 2.05) is 41.5 Å². The first kappa shape index (κ1) is 72.7. The first-order valence-corrected chi connectivity index (χ1v) is 29.6. The lowest BCUT2D eigenvalue weighted by Crippen LogP contribution is -2.64. The van der Waals surface area contributed by atoms with Crippen LogP contribution >= 0.6 is 0 Å². The second-order valence-electron chi connectivity index (χ2n) is 25.9. The van der Waals surface area contributed by atoms with Crippen LogP contribution in [0.5, 0.6) is 0 Å². The molecule has 0 aromatic rings. The van der Waals surface area contributed by atoms with E-state index in [0.29, 0.717) is 32.1 Å². The molecule has 9 atom stereocenters. The van der Waals surface area contributed by atoms with Gasteiger partial charge in [0.05, 0.1) is 12.6 Å². The number of carbonyl (C=O) groups is 12. The van der Waals surface area contributed by atoms with Gasteiger partial charge < -0.3 is 68.5 Å². The standard InChI is InChI=1S/C58H102N12O13/c1-18-35(10)45(65-46(74)38(23-24-43(59)73)63-53(81)56(12,13)66-36(11)72)51(79)64-44(34(8)9)52(80)68-58(16,17)55(83)70-26-20-22-42(70)50(78)62-39(28-32(4)5)47(75)61-40(29-33(6)7)48(76)67-57(14,15)54(82)69-25-19-21-41(69)49(77)60-37(30-71)27-31(2)3/h31-35,37-42,44-45,71H,18-30H2,1-17H3,(H2,59,73)(H,60,77)(H,61,75)(H,62,78)(H,63,81)(H,64,79)(H,65,74)(H,66,72)(H,67,76)(H,68,80)/t35-,37-,38-,39-,40-,41-,42+,44-,45-/m0/s1. The molecular formula is C58H102N12O13. The number of nitrogens with two attached hydrogens (primary N) is 1. The van der Waals surface area contributed by atoms with Crippen molar-refractivity contribution in [2.75, 3.05) is 19.7 Å². The fourth-order valence-corrected chi connectivity index (χ4v) is 10.3. The zero-order chi connectivity index (χ0) is 63.6. The SMILES string of the molecule is CC[C@H](C)[C@H](NC(=O)[C@H](CCC(N)=O)NC(=O)C(C)(C)NC(C)=O)C(=O)N[C@H](C(=O)NC(C)(C)C(=O)N1CCC[C@@H]1C(=O)N[C@@H](CC(C)C)C(=O)N[C@@H](CC(C)C)C(=O)NC(C)(C)C(=O)N1CCC[C@H]1C(=O)N[C@H](CO)CC(C)C)C(C)C. The van der Waals surface area contributed by atoms with Gasteiger partial charge in [-0.1, -0.05) is 75.7 Å². The molecule has 2 aliphatic rings. The van der Waals surface area contributed by atoms with Crippen LogP contribution in [-0.4, -0.2) is 170 Å². The average Bonchev–Trinajstić information content (AvgIpc) is 4.34. The summed E-state index contributed by atoms with van der Waals surface area (Å²) in [6.07, 6.45) is 2.34. The number of aliphatic hydroxyl groups excluding tert-OH is 1. The van der Waals surface area contributed by atoms with Crippen molar-refractivity contribution in [1.29, 1.82) is 0 Å². The maximum Gasteiger partial charge on any atom is 0.248 e. The molecule has 0 radical (unpaired) electrons. The molecule has 0 unspecified atom stereocenters. The van der Waals surface area contributed by atoms with Crippen LogP contribution in [0.2, 0.25) is 0 Å². The van der Waals surface area contributed by atoms with E-state index in [-0.39, 0.29) is 75.5 Å². The Labute approximate surface area is 491 Å². The maximum atomic E-state index is 14.5. The highest BCUT2D eigenvalue weighted by molar-refractivity contribution is 6.01. The maximum absolute atomic E-state index is 14.5. The molecule has 0 aromatic carbocycles. The second kappa shape index (κ2) is 32.0. The zero-order valence-electron chi connectivity index (χ0n) is 52.5. The second-order valence-corrected chi connectivity index (χ2v) is 25.9. The third-order valence-electron chi connectivity index (χ3n) is 15.0. The van der Waals surface area contributed by atoms with E-state index >= 15 is 0 Å². The van der Waals surface area contributed by atoms with Crippen LogP contribution in [-0.2, 0) is 57.5 Å². The molecule has 2 fully saturated rings. The molecule has 0 spiro atoms. The molecule has 2 aliphatic heterocycles. The predicted molar refractivity (Wildman–Crippen MR) is 312 cm³/mol. The summed E-state index contributed by atoms with van der Waals surface area (Å²) in [4.78, 5) is 167. The van der Waals surface area contributed by atoms with Crippen molar-refractivity contribution >= 4 is 70.9 Å². The lowest BCUT2D eigenvalue weighted by atomic mass is 9.95. The highest BCUT2D eigenvalue weighted by Gasteiger charge is 2.46. The predicted octanol–water partition coefficient (Wildman–Crippen LogP) is 0.680. The van der Waals surface area contributed by atoms with Crippen molar-refractivity contribution in [3.63, 3.8) is 0 Å². The number of carbonyl (C=O) groups excluding carboxylic acids is 12. The fraction of sp³-hybridized carbons (Fsp3) is 0.793. The van der Waals surface area contributed by atoms with Crippen molar-refractivity contribution in [1.82, 2.24) is 57.7 Å². The molecule has 0 bridgehead atoms. The summed E-state index contributed by atoms with van der Waals surface area (Å²) in [5, 5.41) is 34.4. The minimum Gasteiger partial charge on any atom is -0.394 e. The minimum absolute atomic E-state index is 0.109. The molecule has 2 saturated heterocycles. The number of nitrogens with zero attached hydrogens (tertiary/aromatic N) is 2. The van der Waals surface area contributed by atoms with Crippen LogP contribution in [0.3, 0.4) is 0 Å². The Kier molecular flexibility index (Phi) is 28.1. The monoisotopic (exact) mass is 1170 g/mol. The van der Waals surface area contributed by atoms with Crippen molar-refractivity contribution in [2.24, 2.45) is 35.3 Å². The van der Waals surface area contributed by atoms with Crippen LogP contribution in [0.15, 0.2) is 0 Å². The van der Waals surface area contributed by atoms with E-state index in [1.54, 1.807) is 27.7 Å². The molecule has 25 heteroatoms. The normalized spacial score (nSPS) is 18.2. The Bertz CT molecular complexity index is 2320. The zero-order valence-corrected chi connectivity index (χ0v) is 52.5. The van der Waals surface area contributed by atoms with Crippen LogP contribution < -0.4 is 53.6 Å². The van der Waals surface area contributed by atoms with E-state index in [1.165, 1.54) is 58.3 Å². The first-order valence-electron chi connectivity index (χ1n) is 29.6. The van der Waals surface area contributed by atoms with E-state index in [9.17, 15) is 62.6 Å². The van der Waals surface area contributed by atoms with E-state index in [2.05, 4.69) is 47.9 Å². The Hall–Kier alpha value is -6.40. The van der Waals surface area contributed by atoms with Gasteiger partial charge in [0.15, 0.2) is 0 Å². The van der Waals surface area contributed by atoms with Crippen molar-refractivity contribution in [3.05, 3.63) is 0 Å². The van der Waals surface area contributed by atoms with Gasteiger partial charge in [-0.05, 0) is 122 Å². The van der Waals surface area contributed by atoms with Crippen molar-refractivity contribution in [3.8, 4) is 0 Å². The number of hydrogen-bond acceptors (Lipinski definition) is 13. The smallest absolute Gasteiger partial charge is 0.248 e. The molecule has 0 saturated carbocycles. The third kappa shape index (κ3) is 22.3. The Morgan fingerprint density at radius 2 is 0.976 bits per heavy atom. The summed E-state index contributed by atoms with van der Waals surface area (Å²) in [6.45, 7) is 28.4. The highest BCUT2D eigenvalue weighted by atomic mass is 16.3. The molecule has 83 heavy (non-hydrogen) atoms. The van der Waals surface area contributed by atoms with Crippen LogP contribution in [0.25, 0.3) is 0 Å². The fourth-order valence-electron chi connectivity index (χ4n) is 10.3. The summed E-state index contributed by atoms with van der Waals surface area (Å²) in [5.74, 6) is -8.86. The molecule has 0 aliphatic carbocycles. The molecule has 12 amide bonds. The van der Waals surface area contributed by atoms with E-state index in [4.69, 9.17) is 5.73 Å². The number of amides is 12. The quantitative estimate of drug-likeness (QED) is 0.0442. The summed E-state index contributed by atoms with van der Waals surface area (Å²) < 4.78 is 0. The molecular weight excluding hydrogens is 1070 g/mol. The van der Waals surface area contributed by atoms with Crippen molar-refractivity contribution < 1.29 is 62.6 Å². The van der Waals surface area contributed by atoms with Gasteiger partial charge in [-0.2, -0.15) is 0 Å². The average molecular weight is 1180 g/mol. The lowest BCUT2D eigenvalue weighted by Gasteiger charge is -2.36.